The average Bonchev–Trinajstić information content (AvgIpc) is 3.16. The highest BCUT2D eigenvalue weighted by molar-refractivity contribution is 6.01. The standard InChI is InChI=1S/C23H26N4O/c28-23(25-22-15-24-21-7-3-2-6-20(21)22)27-13-10-17-14-19(9-8-18(17)16-27)26-11-4-1-5-12-26/h2-3,6-9,14-15,24H,1,4-5,10-13,16H2,(H,25,28). The number of fused-ring (bicyclic) bond motifs is 2. The van der Waals surface area contributed by atoms with Crippen molar-refractivity contribution in [2.24, 2.45) is 0 Å². The molecule has 5 nitrogen and oxygen atoms in total. The van der Waals surface area contributed by atoms with Gasteiger partial charge in [0.15, 0.2) is 0 Å². The Balaban J connectivity index is 1.29. The molecule has 0 radical (unpaired) electrons. The molecule has 0 aliphatic carbocycles. The van der Waals surface area contributed by atoms with Crippen LogP contribution >= 0.6 is 0 Å². The minimum absolute atomic E-state index is 0.0319. The fourth-order valence-corrected chi connectivity index (χ4v) is 4.43. The first-order valence-electron chi connectivity index (χ1n) is 10.3. The number of aromatic nitrogens is 1. The average molecular weight is 374 g/mol. The summed E-state index contributed by atoms with van der Waals surface area (Å²) in [7, 11) is 0. The molecule has 5 heteroatoms. The van der Waals surface area contributed by atoms with Crippen LogP contribution < -0.4 is 10.2 Å². The lowest BCUT2D eigenvalue weighted by Crippen LogP contribution is -2.39. The number of H-pyrrole nitrogens is 1. The second kappa shape index (κ2) is 7.23. The quantitative estimate of drug-likeness (QED) is 0.680. The predicted molar refractivity (Wildman–Crippen MR) is 114 cm³/mol. The molecule has 3 aromatic rings. The fraction of sp³-hybridized carbons (Fsp3) is 0.348. The maximum Gasteiger partial charge on any atom is 0.322 e. The molecular weight excluding hydrogens is 348 g/mol. The topological polar surface area (TPSA) is 51.4 Å². The number of nitrogens with one attached hydrogen (secondary N) is 2. The van der Waals surface area contributed by atoms with Crippen LogP contribution in [0, 0.1) is 0 Å². The van der Waals surface area contributed by atoms with E-state index >= 15 is 0 Å². The fourth-order valence-electron chi connectivity index (χ4n) is 4.43. The van der Waals surface area contributed by atoms with Gasteiger partial charge in [-0.3, -0.25) is 0 Å². The molecule has 2 aromatic carbocycles. The third kappa shape index (κ3) is 3.21. The molecule has 0 unspecified atom stereocenters. The summed E-state index contributed by atoms with van der Waals surface area (Å²) in [5.74, 6) is 0. The molecule has 0 saturated carbocycles. The van der Waals surface area contributed by atoms with E-state index in [1.165, 1.54) is 36.1 Å². The largest absolute Gasteiger partial charge is 0.372 e. The first-order valence-corrected chi connectivity index (χ1v) is 10.3. The summed E-state index contributed by atoms with van der Waals surface area (Å²) in [6, 6.07) is 14.8. The first-order chi connectivity index (χ1) is 13.8. The Kier molecular flexibility index (Phi) is 4.43. The van der Waals surface area contributed by atoms with Gasteiger partial charge in [0.1, 0.15) is 0 Å². The van der Waals surface area contributed by atoms with Crippen molar-refractivity contribution < 1.29 is 4.79 Å². The molecule has 2 aliphatic heterocycles. The molecule has 5 rings (SSSR count). The van der Waals surface area contributed by atoms with Crippen molar-refractivity contribution >= 4 is 28.3 Å². The van der Waals surface area contributed by atoms with Gasteiger partial charge < -0.3 is 20.1 Å². The van der Waals surface area contributed by atoms with E-state index < -0.39 is 0 Å². The first kappa shape index (κ1) is 17.2. The number of amides is 2. The van der Waals surface area contributed by atoms with E-state index in [-0.39, 0.29) is 6.03 Å². The summed E-state index contributed by atoms with van der Waals surface area (Å²) in [5.41, 5.74) is 5.87. The minimum Gasteiger partial charge on any atom is -0.372 e. The highest BCUT2D eigenvalue weighted by atomic mass is 16.2. The summed E-state index contributed by atoms with van der Waals surface area (Å²) < 4.78 is 0. The van der Waals surface area contributed by atoms with Crippen LogP contribution in [0.25, 0.3) is 10.9 Å². The molecule has 1 fully saturated rings. The van der Waals surface area contributed by atoms with E-state index in [4.69, 9.17) is 0 Å². The number of benzene rings is 2. The Morgan fingerprint density at radius 3 is 2.71 bits per heavy atom. The molecule has 2 amide bonds. The maximum atomic E-state index is 12.8. The van der Waals surface area contributed by atoms with E-state index in [1.807, 2.05) is 35.4 Å². The van der Waals surface area contributed by atoms with Gasteiger partial charge in [0.05, 0.1) is 5.69 Å². The zero-order valence-electron chi connectivity index (χ0n) is 16.1. The smallest absolute Gasteiger partial charge is 0.322 e. The number of rotatable bonds is 2. The number of piperidine rings is 1. The van der Waals surface area contributed by atoms with Crippen LogP contribution in [-0.4, -0.2) is 35.5 Å². The van der Waals surface area contributed by atoms with Crippen LogP contribution in [-0.2, 0) is 13.0 Å². The lowest BCUT2D eigenvalue weighted by atomic mass is 9.98. The van der Waals surface area contributed by atoms with Crippen LogP contribution in [0.3, 0.4) is 0 Å². The highest BCUT2D eigenvalue weighted by Crippen LogP contribution is 2.28. The van der Waals surface area contributed by atoms with Crippen molar-refractivity contribution in [1.29, 1.82) is 0 Å². The third-order valence-corrected chi connectivity index (χ3v) is 6.04. The van der Waals surface area contributed by atoms with Gasteiger partial charge in [-0.25, -0.2) is 4.79 Å². The van der Waals surface area contributed by atoms with Crippen LogP contribution in [0.4, 0.5) is 16.2 Å². The summed E-state index contributed by atoms with van der Waals surface area (Å²) in [6.07, 6.45) is 6.71. The lowest BCUT2D eigenvalue weighted by molar-refractivity contribution is 0.206. The number of aromatic amines is 1. The van der Waals surface area contributed by atoms with Gasteiger partial charge in [-0.15, -0.1) is 0 Å². The Morgan fingerprint density at radius 2 is 1.82 bits per heavy atom. The zero-order valence-corrected chi connectivity index (χ0v) is 16.1. The van der Waals surface area contributed by atoms with Gasteiger partial charge >= 0.3 is 6.03 Å². The van der Waals surface area contributed by atoms with Gasteiger partial charge in [0.25, 0.3) is 0 Å². The minimum atomic E-state index is -0.0319. The summed E-state index contributed by atoms with van der Waals surface area (Å²) in [5, 5.41) is 4.12. The van der Waals surface area contributed by atoms with Crippen molar-refractivity contribution in [3.8, 4) is 0 Å². The summed E-state index contributed by atoms with van der Waals surface area (Å²) >= 11 is 0. The van der Waals surface area contributed by atoms with Crippen molar-refractivity contribution in [3.63, 3.8) is 0 Å². The summed E-state index contributed by atoms with van der Waals surface area (Å²) in [4.78, 5) is 20.4. The number of hydrogen-bond acceptors (Lipinski definition) is 2. The Labute approximate surface area is 165 Å². The predicted octanol–water partition coefficient (Wildman–Crippen LogP) is 4.75. The monoisotopic (exact) mass is 374 g/mol. The molecule has 0 bridgehead atoms. The molecular formula is C23H26N4O. The molecule has 0 spiro atoms. The highest BCUT2D eigenvalue weighted by Gasteiger charge is 2.22. The van der Waals surface area contributed by atoms with E-state index in [9.17, 15) is 4.79 Å². The number of hydrogen-bond donors (Lipinski definition) is 2. The molecule has 1 aromatic heterocycles. The number of urea groups is 1. The van der Waals surface area contributed by atoms with Crippen LogP contribution in [0.1, 0.15) is 30.4 Å². The van der Waals surface area contributed by atoms with Gasteiger partial charge in [0.2, 0.25) is 0 Å². The van der Waals surface area contributed by atoms with E-state index in [1.54, 1.807) is 0 Å². The van der Waals surface area contributed by atoms with Crippen LogP contribution in [0.15, 0.2) is 48.7 Å². The second-order valence-corrected chi connectivity index (χ2v) is 7.85. The number of para-hydroxylation sites is 1. The van der Waals surface area contributed by atoms with Gasteiger partial charge in [-0.05, 0) is 55.0 Å². The van der Waals surface area contributed by atoms with E-state index in [0.29, 0.717) is 6.54 Å². The van der Waals surface area contributed by atoms with Crippen LogP contribution in [0.5, 0.6) is 0 Å². The molecule has 2 N–H and O–H groups in total. The van der Waals surface area contributed by atoms with Crippen molar-refractivity contribution in [2.75, 3.05) is 29.9 Å². The SMILES string of the molecule is O=C(Nc1c[nH]c2ccccc12)N1CCc2cc(N3CCCCC3)ccc2C1. The Morgan fingerprint density at radius 1 is 0.964 bits per heavy atom. The van der Waals surface area contributed by atoms with E-state index in [0.717, 1.165) is 42.6 Å². The molecule has 0 atom stereocenters. The van der Waals surface area contributed by atoms with Gasteiger partial charge in [-0.2, -0.15) is 0 Å². The number of carbonyl (C=O) groups is 1. The molecule has 28 heavy (non-hydrogen) atoms. The maximum absolute atomic E-state index is 12.8. The molecule has 2 aliphatic rings. The number of anilines is 2. The van der Waals surface area contributed by atoms with Crippen molar-refractivity contribution in [1.82, 2.24) is 9.88 Å². The molecule has 3 heterocycles. The molecule has 1 saturated heterocycles. The number of nitrogens with zero attached hydrogens (tertiary/aromatic N) is 2. The van der Waals surface area contributed by atoms with Crippen LogP contribution in [0.2, 0.25) is 0 Å². The Bertz CT molecular complexity index is 1000. The van der Waals surface area contributed by atoms with Gasteiger partial charge in [0, 0.05) is 49.0 Å². The lowest BCUT2D eigenvalue weighted by Gasteiger charge is -2.32. The van der Waals surface area contributed by atoms with E-state index in [2.05, 4.69) is 33.4 Å². The summed E-state index contributed by atoms with van der Waals surface area (Å²) in [6.45, 7) is 3.75. The van der Waals surface area contributed by atoms with Crippen molar-refractivity contribution in [3.05, 3.63) is 59.8 Å². The third-order valence-electron chi connectivity index (χ3n) is 6.04. The zero-order chi connectivity index (χ0) is 18.9. The normalized spacial score (nSPS) is 16.9. The Hall–Kier alpha value is -2.95. The second-order valence-electron chi connectivity index (χ2n) is 7.85. The van der Waals surface area contributed by atoms with Gasteiger partial charge in [-0.1, -0.05) is 24.3 Å². The molecule has 144 valence electrons. The van der Waals surface area contributed by atoms with Crippen molar-refractivity contribution in [2.45, 2.75) is 32.2 Å². The number of carbonyl (C=O) groups excluding carboxylic acids is 1.